The van der Waals surface area contributed by atoms with Crippen LogP contribution in [0.15, 0.2) is 125 Å². The van der Waals surface area contributed by atoms with Gasteiger partial charge in [-0.05, 0) is 84.9 Å². The first-order valence-corrected chi connectivity index (χ1v) is 17.6. The number of benzene rings is 5. The van der Waals surface area contributed by atoms with Crippen LogP contribution in [0.2, 0.25) is 0 Å². The molecule has 20 nitrogen and oxygen atoms in total. The van der Waals surface area contributed by atoms with Crippen molar-refractivity contribution in [3.63, 3.8) is 0 Å². The molecule has 0 saturated heterocycles. The number of phenolic OH excluding ortho intramolecular Hbond substituents is 3. The summed E-state index contributed by atoms with van der Waals surface area (Å²) in [6.07, 6.45) is 0. The van der Waals surface area contributed by atoms with Gasteiger partial charge < -0.3 is 30.5 Å². The predicted molar refractivity (Wildman–Crippen MR) is 187 cm³/mol. The van der Waals surface area contributed by atoms with Crippen molar-refractivity contribution in [3.05, 3.63) is 90.5 Å². The zero-order valence-electron chi connectivity index (χ0n) is 30.0. The van der Waals surface area contributed by atoms with E-state index in [4.69, 9.17) is 5.11 Å². The Hall–Kier alpha value is -3.62. The van der Waals surface area contributed by atoms with E-state index in [1.165, 1.54) is 18.2 Å². The summed E-state index contributed by atoms with van der Waals surface area (Å²) < 4.78 is 65.3. The molecule has 0 fully saturated rings. The van der Waals surface area contributed by atoms with Crippen molar-refractivity contribution in [2.75, 3.05) is 0 Å². The number of aromatic nitrogens is 2. The van der Waals surface area contributed by atoms with E-state index in [0.717, 1.165) is 12.1 Å². The molecular formula is C32H22CuN8Na3O12S2+3. The number of imidazole rings is 1. The summed E-state index contributed by atoms with van der Waals surface area (Å²) in [6, 6.07) is 18.3. The second kappa shape index (κ2) is 20.6. The normalized spacial score (nSPS) is 11.6. The number of aromatic amines is 1. The van der Waals surface area contributed by atoms with Gasteiger partial charge in [-0.3, -0.25) is 9.11 Å². The van der Waals surface area contributed by atoms with E-state index in [9.17, 15) is 51.2 Å². The maximum atomic E-state index is 11.6. The van der Waals surface area contributed by atoms with Crippen LogP contribution in [0.4, 0.5) is 34.1 Å². The summed E-state index contributed by atoms with van der Waals surface area (Å²) in [5.41, 5.74) is 0.683. The van der Waals surface area contributed by atoms with Gasteiger partial charge in [0.2, 0.25) is 0 Å². The summed E-state index contributed by atoms with van der Waals surface area (Å²) in [6.45, 7) is 0. The number of nitrogens with one attached hydrogen (secondary N) is 1. The summed E-state index contributed by atoms with van der Waals surface area (Å²) in [5, 5.41) is 73.4. The zero-order chi connectivity index (χ0) is 38.9. The molecule has 0 unspecified atom stereocenters. The molecule has 1 aromatic heterocycles. The first kappa shape index (κ1) is 50.5. The third-order valence-electron chi connectivity index (χ3n) is 7.34. The average Bonchev–Trinajstić information content (AvgIpc) is 3.54. The van der Waals surface area contributed by atoms with E-state index in [1.54, 1.807) is 42.5 Å². The van der Waals surface area contributed by atoms with Crippen molar-refractivity contribution in [2.45, 2.75) is 9.79 Å². The van der Waals surface area contributed by atoms with E-state index < -0.39 is 76.1 Å². The molecule has 6 aromatic rings. The van der Waals surface area contributed by atoms with Gasteiger partial charge in [0.05, 0.1) is 33.0 Å². The van der Waals surface area contributed by atoms with Gasteiger partial charge in [-0.25, -0.2) is 9.78 Å². The maximum absolute atomic E-state index is 11.6. The van der Waals surface area contributed by atoms with Crippen molar-refractivity contribution >= 4 is 71.4 Å². The van der Waals surface area contributed by atoms with Gasteiger partial charge in [0.1, 0.15) is 39.2 Å². The Morgan fingerprint density at radius 1 is 0.603 bits per heavy atom. The van der Waals surface area contributed by atoms with Crippen molar-refractivity contribution in [3.8, 4) is 34.4 Å². The number of phenols is 4. The van der Waals surface area contributed by atoms with Crippen LogP contribution >= 0.6 is 0 Å². The van der Waals surface area contributed by atoms with Crippen LogP contribution in [-0.4, -0.2) is 67.4 Å². The number of hydrogen-bond acceptors (Lipinski definition) is 16. The van der Waals surface area contributed by atoms with Crippen LogP contribution < -0.4 is 88.7 Å². The molecule has 1 radical (unpaired) electrons. The van der Waals surface area contributed by atoms with Crippen LogP contribution in [0, 0.1) is 0 Å². The van der Waals surface area contributed by atoms with Crippen LogP contribution in [-0.2, 0) is 37.3 Å². The molecule has 285 valence electrons. The minimum Gasteiger partial charge on any atom is -0.507 e. The number of azo groups is 3. The monoisotopic (exact) mass is 906 g/mol. The number of nitrogens with zero attached hydrogens (tertiary/aromatic N) is 7. The van der Waals surface area contributed by atoms with Crippen molar-refractivity contribution in [2.24, 2.45) is 30.7 Å². The molecule has 6 rings (SSSR count). The second-order valence-corrected chi connectivity index (χ2v) is 13.8. The van der Waals surface area contributed by atoms with Gasteiger partial charge in [-0.1, -0.05) is 0 Å². The summed E-state index contributed by atoms with van der Waals surface area (Å²) in [7, 11) is -10.2. The molecule has 58 heavy (non-hydrogen) atoms. The average molecular weight is 907 g/mol. The number of carbonyl (C=O) groups is 1. The van der Waals surface area contributed by atoms with Gasteiger partial charge >= 0.3 is 94.6 Å². The molecule has 0 spiro atoms. The second-order valence-electron chi connectivity index (χ2n) is 11.0. The number of aromatic carboxylic acids is 1. The number of hydrogen-bond donors (Lipinski definition) is 8. The third kappa shape index (κ3) is 11.8. The first-order valence-electron chi connectivity index (χ1n) is 14.8. The predicted octanol–water partition coefficient (Wildman–Crippen LogP) is -1.50. The Morgan fingerprint density at radius 2 is 1.17 bits per heavy atom. The van der Waals surface area contributed by atoms with Gasteiger partial charge in [0.15, 0.2) is 17.2 Å². The quantitative estimate of drug-likeness (QED) is 0.0442. The standard InChI is InChI=1S/C32H22N8O12S2.Cu.3Na/c41-25-9-6-17(11-20(25)32(45)46)36-35-16-3-1-15(2-4-16)31-33-21-7-5-18(12-23(21)34-31)37-40-28-26(42)10-8-22(30(28)44)38-39-24-13-19(53(47,48)49)14-27(29(24)43)54(50,51)52;;;;/h1-14,41-44H,(H,33,34)(H,45,46)(H,47,48,49)(H,50,51,52);;;;/q;;3*+1. The molecule has 1 heterocycles. The largest absolute Gasteiger partial charge is 1.00 e. The van der Waals surface area contributed by atoms with Crippen LogP contribution in [0.25, 0.3) is 22.4 Å². The number of fused-ring (bicyclic) bond motifs is 1. The number of H-pyrrole nitrogens is 1. The van der Waals surface area contributed by atoms with Gasteiger partial charge in [0, 0.05) is 22.6 Å². The van der Waals surface area contributed by atoms with Gasteiger partial charge in [0.25, 0.3) is 20.2 Å². The molecule has 0 amide bonds. The van der Waals surface area contributed by atoms with E-state index in [2.05, 4.69) is 40.7 Å². The SMILES string of the molecule is O=C(O)c1cc(N=Nc2ccc(-c3nc4cc(N=Nc5c(O)ccc(N=Nc6cc(S(=O)(=O)O)cc(S(=O)(=O)O)c6O)c5O)ccc4[nH]3)cc2)ccc1O.[Cu].[Na+].[Na+].[Na+]. The van der Waals surface area contributed by atoms with Crippen LogP contribution in [0.3, 0.4) is 0 Å². The molecule has 0 aliphatic rings. The minimum absolute atomic E-state index is 0. The molecule has 0 atom stereocenters. The Bertz CT molecular complexity index is 2830. The van der Waals surface area contributed by atoms with Crippen molar-refractivity contribution in [1.82, 2.24) is 9.97 Å². The van der Waals surface area contributed by atoms with Gasteiger partial charge in [-0.2, -0.15) is 32.2 Å². The Balaban J connectivity index is 0.00000290. The molecule has 5 aromatic carbocycles. The number of rotatable bonds is 10. The molecule has 8 N–H and O–H groups in total. The van der Waals surface area contributed by atoms with E-state index in [1.807, 2.05) is 0 Å². The number of carboxylic acids is 1. The Morgan fingerprint density at radius 3 is 1.81 bits per heavy atom. The maximum Gasteiger partial charge on any atom is 1.00 e. The summed E-state index contributed by atoms with van der Waals surface area (Å²) in [5.74, 6) is -3.75. The molecule has 0 bridgehead atoms. The molecule has 0 aliphatic carbocycles. The fourth-order valence-corrected chi connectivity index (χ4v) is 5.92. The number of carboxylic acid groups (broad SMARTS) is 1. The summed E-state index contributed by atoms with van der Waals surface area (Å²) >= 11 is 0. The van der Waals surface area contributed by atoms with Crippen LogP contribution in [0.1, 0.15) is 10.4 Å². The fraction of sp³-hybridized carbons (Fsp3) is 0. The van der Waals surface area contributed by atoms with Gasteiger partial charge in [-0.15, -0.1) is 15.3 Å². The van der Waals surface area contributed by atoms with E-state index in [-0.39, 0.29) is 123 Å². The molecule has 0 aliphatic heterocycles. The zero-order valence-corrected chi connectivity index (χ0v) is 38.6. The minimum atomic E-state index is -5.19. The fourth-order valence-electron chi connectivity index (χ4n) is 4.70. The topological polar surface area (TPSA) is 330 Å². The number of aromatic hydroxyl groups is 4. The smallest absolute Gasteiger partial charge is 0.507 e. The molecule has 26 heteroatoms. The van der Waals surface area contributed by atoms with E-state index in [0.29, 0.717) is 40.2 Å². The molecular weight excluding hydrogens is 885 g/mol. The van der Waals surface area contributed by atoms with Crippen molar-refractivity contribution < 1.29 is 162 Å². The Labute approximate surface area is 404 Å². The van der Waals surface area contributed by atoms with Crippen molar-refractivity contribution in [1.29, 1.82) is 0 Å². The first-order chi connectivity index (χ1) is 25.5. The summed E-state index contributed by atoms with van der Waals surface area (Å²) in [4.78, 5) is 16.6. The van der Waals surface area contributed by atoms with Crippen LogP contribution in [0.5, 0.6) is 23.0 Å². The Kier molecular flexibility index (Phi) is 17.9. The molecule has 0 saturated carbocycles. The van der Waals surface area contributed by atoms with E-state index >= 15 is 0 Å². The third-order valence-corrected chi connectivity index (χ3v) is 9.04.